The van der Waals surface area contributed by atoms with Crippen molar-refractivity contribution in [1.82, 2.24) is 15.5 Å². The zero-order valence-electron chi connectivity index (χ0n) is 14.6. The average Bonchev–Trinajstić information content (AvgIpc) is 3.07. The highest BCUT2D eigenvalue weighted by Crippen LogP contribution is 2.24. The summed E-state index contributed by atoms with van der Waals surface area (Å²) in [6, 6.07) is 4.68. The number of carbonyl (C=O) groups is 1. The maximum atomic E-state index is 11.7. The number of nitrogens with zero attached hydrogens (tertiary/aromatic N) is 3. The Labute approximate surface area is 165 Å². The number of amides is 1. The molecule has 2 N–H and O–H groups in total. The largest absolute Gasteiger partial charge is 0.363 e. The molecule has 2 rings (SSSR count). The second kappa shape index (κ2) is 10.8. The molecule has 1 saturated heterocycles. The Morgan fingerprint density at radius 2 is 2.12 bits per heavy atom. The second-order valence-electron chi connectivity index (χ2n) is 5.84. The van der Waals surface area contributed by atoms with E-state index >= 15 is 0 Å². The van der Waals surface area contributed by atoms with Gasteiger partial charge in [-0.25, -0.2) is 4.99 Å². The number of anilines is 1. The first-order chi connectivity index (χ1) is 11.1. The maximum Gasteiger partial charge on any atom is 0.243 e. The SMILES string of the molecule is CCNC(=NCC(=O)N(C)C)NC1CCN(c2cccs2)CC1.I. The van der Waals surface area contributed by atoms with Gasteiger partial charge in [0.15, 0.2) is 5.96 Å². The fraction of sp³-hybridized carbons (Fsp3) is 0.625. The summed E-state index contributed by atoms with van der Waals surface area (Å²) in [5.74, 6) is 0.743. The molecule has 136 valence electrons. The summed E-state index contributed by atoms with van der Waals surface area (Å²) in [5, 5.41) is 10.2. The number of likely N-dealkylation sites (N-methyl/N-ethyl adjacent to an activating group) is 1. The number of rotatable bonds is 5. The highest BCUT2D eigenvalue weighted by Gasteiger charge is 2.20. The van der Waals surface area contributed by atoms with Crippen LogP contribution in [0.4, 0.5) is 5.00 Å². The Balaban J connectivity index is 0.00000288. The van der Waals surface area contributed by atoms with E-state index in [1.165, 1.54) is 5.00 Å². The van der Waals surface area contributed by atoms with Gasteiger partial charge < -0.3 is 20.4 Å². The molecular weight excluding hydrogens is 437 g/mol. The highest BCUT2D eigenvalue weighted by molar-refractivity contribution is 14.0. The molecule has 0 unspecified atom stereocenters. The molecule has 0 spiro atoms. The Morgan fingerprint density at radius 3 is 2.67 bits per heavy atom. The molecule has 0 saturated carbocycles. The molecule has 0 bridgehead atoms. The fourth-order valence-corrected chi connectivity index (χ4v) is 3.28. The third-order valence-corrected chi connectivity index (χ3v) is 4.80. The van der Waals surface area contributed by atoms with Gasteiger partial charge in [0.2, 0.25) is 5.91 Å². The van der Waals surface area contributed by atoms with Gasteiger partial charge in [-0.2, -0.15) is 0 Å². The Bertz CT molecular complexity index is 513. The van der Waals surface area contributed by atoms with Crippen molar-refractivity contribution < 1.29 is 4.79 Å². The number of hydrogen-bond donors (Lipinski definition) is 2. The van der Waals surface area contributed by atoms with E-state index in [0.29, 0.717) is 6.04 Å². The molecule has 1 aromatic heterocycles. The average molecular weight is 465 g/mol. The topological polar surface area (TPSA) is 60.0 Å². The predicted octanol–water partition coefficient (Wildman–Crippen LogP) is 1.98. The van der Waals surface area contributed by atoms with Crippen LogP contribution in [0.2, 0.25) is 0 Å². The van der Waals surface area contributed by atoms with Crippen molar-refractivity contribution in [2.75, 3.05) is 45.2 Å². The quantitative estimate of drug-likeness (QED) is 0.397. The van der Waals surface area contributed by atoms with E-state index in [0.717, 1.165) is 38.4 Å². The summed E-state index contributed by atoms with van der Waals surface area (Å²) in [5.41, 5.74) is 0. The zero-order valence-corrected chi connectivity index (χ0v) is 17.8. The van der Waals surface area contributed by atoms with Crippen molar-refractivity contribution in [2.24, 2.45) is 4.99 Å². The van der Waals surface area contributed by atoms with Gasteiger partial charge in [0.1, 0.15) is 6.54 Å². The molecule has 24 heavy (non-hydrogen) atoms. The minimum absolute atomic E-state index is 0. The van der Waals surface area contributed by atoms with Crippen LogP contribution in [0.5, 0.6) is 0 Å². The summed E-state index contributed by atoms with van der Waals surface area (Å²) in [7, 11) is 3.50. The minimum atomic E-state index is 0. The zero-order chi connectivity index (χ0) is 16.7. The van der Waals surface area contributed by atoms with Crippen LogP contribution >= 0.6 is 35.3 Å². The van der Waals surface area contributed by atoms with Crippen LogP contribution in [0.15, 0.2) is 22.5 Å². The first-order valence-corrected chi connectivity index (χ1v) is 9.01. The molecule has 2 heterocycles. The van der Waals surface area contributed by atoms with E-state index in [9.17, 15) is 4.79 Å². The van der Waals surface area contributed by atoms with Crippen molar-refractivity contribution in [2.45, 2.75) is 25.8 Å². The summed E-state index contributed by atoms with van der Waals surface area (Å²) in [6.45, 7) is 5.10. The van der Waals surface area contributed by atoms with Gasteiger partial charge in [-0.1, -0.05) is 0 Å². The Hall–Kier alpha value is -1.03. The number of carbonyl (C=O) groups excluding carboxylic acids is 1. The van der Waals surface area contributed by atoms with Crippen LogP contribution in [-0.2, 0) is 4.79 Å². The van der Waals surface area contributed by atoms with E-state index in [1.54, 1.807) is 30.3 Å². The molecule has 1 aromatic rings. The molecule has 0 aliphatic carbocycles. The van der Waals surface area contributed by atoms with E-state index in [4.69, 9.17) is 0 Å². The monoisotopic (exact) mass is 465 g/mol. The highest BCUT2D eigenvalue weighted by atomic mass is 127. The normalized spacial score (nSPS) is 15.6. The van der Waals surface area contributed by atoms with Gasteiger partial charge in [-0.15, -0.1) is 35.3 Å². The number of halogens is 1. The molecule has 0 atom stereocenters. The molecule has 6 nitrogen and oxygen atoms in total. The Kier molecular flexibility index (Phi) is 9.42. The van der Waals surface area contributed by atoms with Gasteiger partial charge in [-0.3, -0.25) is 4.79 Å². The van der Waals surface area contributed by atoms with Gasteiger partial charge >= 0.3 is 0 Å². The van der Waals surface area contributed by atoms with Gasteiger partial charge in [0.05, 0.1) is 5.00 Å². The van der Waals surface area contributed by atoms with Crippen LogP contribution in [0.3, 0.4) is 0 Å². The molecule has 1 fully saturated rings. The second-order valence-corrected chi connectivity index (χ2v) is 6.77. The third-order valence-electron chi connectivity index (χ3n) is 3.87. The maximum absolute atomic E-state index is 11.7. The fourth-order valence-electron chi connectivity index (χ4n) is 2.50. The van der Waals surface area contributed by atoms with Crippen molar-refractivity contribution in [3.8, 4) is 0 Å². The lowest BCUT2D eigenvalue weighted by Crippen LogP contribution is -2.49. The summed E-state index contributed by atoms with van der Waals surface area (Å²) >= 11 is 1.79. The van der Waals surface area contributed by atoms with Crippen LogP contribution in [0.25, 0.3) is 0 Å². The first kappa shape index (κ1) is 21.0. The van der Waals surface area contributed by atoms with Crippen LogP contribution in [0, 0.1) is 0 Å². The lowest BCUT2D eigenvalue weighted by atomic mass is 10.1. The summed E-state index contributed by atoms with van der Waals surface area (Å²) in [4.78, 5) is 20.1. The van der Waals surface area contributed by atoms with E-state index in [2.05, 4.69) is 38.0 Å². The van der Waals surface area contributed by atoms with Gasteiger partial charge in [0.25, 0.3) is 0 Å². The number of guanidine groups is 1. The molecule has 0 aromatic carbocycles. The molecular formula is C16H28IN5OS. The summed E-state index contributed by atoms with van der Waals surface area (Å²) in [6.07, 6.45) is 2.15. The van der Waals surface area contributed by atoms with E-state index in [1.807, 2.05) is 6.92 Å². The van der Waals surface area contributed by atoms with Crippen molar-refractivity contribution in [1.29, 1.82) is 0 Å². The van der Waals surface area contributed by atoms with Crippen LogP contribution in [0.1, 0.15) is 19.8 Å². The van der Waals surface area contributed by atoms with Gasteiger partial charge in [0, 0.05) is 39.8 Å². The standard InChI is InChI=1S/C16H27N5OS.HI/c1-4-17-16(18-12-14(22)20(2)3)19-13-7-9-21(10-8-13)15-6-5-11-23-15;/h5-6,11,13H,4,7-10,12H2,1-3H3,(H2,17,18,19);1H. The molecule has 1 amide bonds. The third kappa shape index (κ3) is 6.46. The molecule has 1 aliphatic rings. The summed E-state index contributed by atoms with van der Waals surface area (Å²) < 4.78 is 0. The Morgan fingerprint density at radius 1 is 1.42 bits per heavy atom. The number of nitrogens with one attached hydrogen (secondary N) is 2. The van der Waals surface area contributed by atoms with Gasteiger partial charge in [-0.05, 0) is 37.3 Å². The van der Waals surface area contributed by atoms with E-state index in [-0.39, 0.29) is 36.4 Å². The number of hydrogen-bond acceptors (Lipinski definition) is 4. The van der Waals surface area contributed by atoms with Crippen LogP contribution in [-0.4, -0.2) is 63.1 Å². The number of thiophene rings is 1. The lowest BCUT2D eigenvalue weighted by molar-refractivity contribution is -0.127. The first-order valence-electron chi connectivity index (χ1n) is 8.13. The molecule has 8 heteroatoms. The number of piperidine rings is 1. The van der Waals surface area contributed by atoms with Crippen molar-refractivity contribution in [3.63, 3.8) is 0 Å². The van der Waals surface area contributed by atoms with Crippen molar-refractivity contribution >= 4 is 52.2 Å². The lowest BCUT2D eigenvalue weighted by Gasteiger charge is -2.33. The predicted molar refractivity (Wildman–Crippen MR) is 113 cm³/mol. The van der Waals surface area contributed by atoms with E-state index < -0.39 is 0 Å². The molecule has 0 radical (unpaired) electrons. The number of aliphatic imine (C=N–C) groups is 1. The minimum Gasteiger partial charge on any atom is -0.363 e. The van der Waals surface area contributed by atoms with Crippen LogP contribution < -0.4 is 15.5 Å². The molecule has 1 aliphatic heterocycles. The smallest absolute Gasteiger partial charge is 0.243 e. The van der Waals surface area contributed by atoms with Crippen molar-refractivity contribution in [3.05, 3.63) is 17.5 Å².